The zero-order chi connectivity index (χ0) is 28.8. The Morgan fingerprint density at radius 1 is 0.947 bits per heavy atom. The number of rotatable bonds is 6. The van der Waals surface area contributed by atoms with Crippen LogP contribution < -0.4 is 10.6 Å². The molecule has 2 aromatic carbocycles. The van der Waals surface area contributed by atoms with Crippen LogP contribution in [0.5, 0.6) is 0 Å². The van der Waals surface area contributed by atoms with E-state index in [-0.39, 0.29) is 21.7 Å². The first kappa shape index (κ1) is 28.8. The van der Waals surface area contributed by atoms with Crippen molar-refractivity contribution in [3.05, 3.63) is 54.1 Å². The summed E-state index contributed by atoms with van der Waals surface area (Å²) in [5, 5.41) is 10.3. The summed E-state index contributed by atoms with van der Waals surface area (Å²) in [6.45, 7) is -4.23. The highest BCUT2D eigenvalue weighted by atomic mass is 19.4. The van der Waals surface area contributed by atoms with Gasteiger partial charge in [0.1, 0.15) is 12.6 Å². The number of carbonyl (C=O) groups is 3. The molecule has 1 aliphatic rings. The highest BCUT2D eigenvalue weighted by Gasteiger charge is 2.61. The van der Waals surface area contributed by atoms with Gasteiger partial charge in [-0.3, -0.25) is 14.4 Å². The minimum absolute atomic E-state index is 0.0279. The van der Waals surface area contributed by atoms with Crippen LogP contribution in [0.3, 0.4) is 0 Å². The molecule has 0 aromatic heterocycles. The Morgan fingerprint density at radius 2 is 1.47 bits per heavy atom. The third kappa shape index (κ3) is 5.28. The number of amides is 3. The fraction of sp³-hybridized carbons (Fsp3) is 0.348. The van der Waals surface area contributed by atoms with Crippen molar-refractivity contribution in [3.63, 3.8) is 0 Å². The maximum atomic E-state index is 14.3. The van der Waals surface area contributed by atoms with Crippen molar-refractivity contribution in [1.82, 2.24) is 4.90 Å². The van der Waals surface area contributed by atoms with Gasteiger partial charge in [0.05, 0.1) is 12.2 Å². The first-order chi connectivity index (χ1) is 17.3. The molecule has 0 saturated heterocycles. The summed E-state index contributed by atoms with van der Waals surface area (Å²) in [5.41, 5.74) is 0.623. The summed E-state index contributed by atoms with van der Waals surface area (Å²) in [4.78, 5) is 38.1. The number of hydrogen-bond acceptors (Lipinski definition) is 4. The molecule has 7 nitrogen and oxygen atoms in total. The van der Waals surface area contributed by atoms with E-state index in [2.05, 4.69) is 0 Å². The second-order valence-corrected chi connectivity index (χ2v) is 8.62. The summed E-state index contributed by atoms with van der Waals surface area (Å²) in [5.74, 6) is -11.5. The lowest BCUT2D eigenvalue weighted by Crippen LogP contribution is -2.61. The van der Waals surface area contributed by atoms with Crippen LogP contribution in [-0.4, -0.2) is 64.7 Å². The third-order valence-corrected chi connectivity index (χ3v) is 5.83. The Labute approximate surface area is 209 Å². The molecule has 0 bridgehead atoms. The lowest BCUT2D eigenvalue weighted by molar-refractivity contribution is -0.287. The van der Waals surface area contributed by atoms with Crippen LogP contribution in [-0.2, 0) is 14.4 Å². The Hall–Kier alpha value is -3.75. The molecule has 0 fully saturated rings. The Bertz CT molecular complexity index is 1260. The summed E-state index contributed by atoms with van der Waals surface area (Å²) < 4.78 is 109. The maximum Gasteiger partial charge on any atom is 0.455 e. The Morgan fingerprint density at radius 3 is 2.00 bits per heavy atom. The van der Waals surface area contributed by atoms with E-state index in [0.29, 0.717) is 6.92 Å². The predicted octanol–water partition coefficient (Wildman–Crippen LogP) is 3.57. The van der Waals surface area contributed by atoms with Gasteiger partial charge in [0, 0.05) is 5.56 Å². The fourth-order valence-electron chi connectivity index (χ4n) is 3.93. The molecule has 2 atom stereocenters. The van der Waals surface area contributed by atoms with Crippen molar-refractivity contribution >= 4 is 23.4 Å². The number of para-hydroxylation sites is 1. The fourth-order valence-corrected chi connectivity index (χ4v) is 3.93. The molecule has 1 aliphatic heterocycles. The second-order valence-electron chi connectivity index (χ2n) is 8.62. The van der Waals surface area contributed by atoms with Crippen molar-refractivity contribution in [1.29, 1.82) is 0 Å². The summed E-state index contributed by atoms with van der Waals surface area (Å²) >= 11 is 0. The topological polar surface area (TPSA) is 104 Å². The van der Waals surface area contributed by atoms with Gasteiger partial charge in [0.2, 0.25) is 5.60 Å². The first-order valence-corrected chi connectivity index (χ1v) is 10.6. The number of fused-ring (bicyclic) bond motifs is 3. The zero-order valence-corrected chi connectivity index (χ0v) is 19.3. The molecule has 206 valence electrons. The quantitative estimate of drug-likeness (QED) is 0.422. The van der Waals surface area contributed by atoms with Gasteiger partial charge >= 0.3 is 18.3 Å². The number of alkyl halides is 8. The number of anilines is 1. The maximum absolute atomic E-state index is 14.3. The van der Waals surface area contributed by atoms with E-state index >= 15 is 0 Å². The predicted molar refractivity (Wildman–Crippen MR) is 116 cm³/mol. The van der Waals surface area contributed by atoms with Gasteiger partial charge in [-0.15, -0.1) is 0 Å². The first-order valence-electron chi connectivity index (χ1n) is 10.6. The Kier molecular flexibility index (Phi) is 7.22. The van der Waals surface area contributed by atoms with Gasteiger partial charge < -0.3 is 20.6 Å². The standard InChI is InChI=1S/C23H19F8N3O4/c1-20(38,18(32)36)19(37)34(10-21(24,25)23(29,30)31)16-14-8-3-2-6-12(14)13-7-4-5-9-15(13)33(17(16)35)11-22(26,27)28/h2-9,16,38H,10-11H2,1H3,(H2,32,36)/t16-,20+/m0/s1. The van der Waals surface area contributed by atoms with Gasteiger partial charge in [-0.2, -0.15) is 35.1 Å². The monoisotopic (exact) mass is 553 g/mol. The molecule has 0 spiro atoms. The number of carbonyl (C=O) groups excluding carboxylic acids is 3. The van der Waals surface area contributed by atoms with E-state index in [1.807, 2.05) is 0 Å². The number of benzene rings is 2. The van der Waals surface area contributed by atoms with E-state index in [0.717, 1.165) is 12.1 Å². The van der Waals surface area contributed by atoms with Gasteiger partial charge in [0.25, 0.3) is 17.7 Å². The molecule has 0 unspecified atom stereocenters. The SMILES string of the molecule is C[C@@](O)(C(N)=O)C(=O)N(CC(F)(F)C(F)(F)F)[C@@H]1C(=O)N(CC(F)(F)F)c2ccccc2-c2ccccc21. The van der Waals surface area contributed by atoms with Gasteiger partial charge in [-0.1, -0.05) is 42.5 Å². The minimum Gasteiger partial charge on any atom is -0.372 e. The number of primary amides is 1. The lowest BCUT2D eigenvalue weighted by atomic mass is 9.93. The average Bonchev–Trinajstić information content (AvgIpc) is 2.89. The van der Waals surface area contributed by atoms with Crippen LogP contribution >= 0.6 is 0 Å². The van der Waals surface area contributed by atoms with E-state index in [1.54, 1.807) is 0 Å². The van der Waals surface area contributed by atoms with Crippen LogP contribution in [0.2, 0.25) is 0 Å². The largest absolute Gasteiger partial charge is 0.455 e. The van der Waals surface area contributed by atoms with E-state index < -0.39 is 71.2 Å². The molecule has 15 heteroatoms. The molecule has 2 aromatic rings. The number of nitrogens with zero attached hydrogens (tertiary/aromatic N) is 2. The molecular weight excluding hydrogens is 534 g/mol. The number of nitrogens with two attached hydrogens (primary N) is 1. The summed E-state index contributed by atoms with van der Waals surface area (Å²) in [6, 6.07) is 7.30. The molecule has 3 rings (SSSR count). The van der Waals surface area contributed by atoms with Crippen molar-refractivity contribution < 1.29 is 54.6 Å². The van der Waals surface area contributed by atoms with Crippen molar-refractivity contribution in [3.8, 4) is 11.1 Å². The molecule has 38 heavy (non-hydrogen) atoms. The smallest absolute Gasteiger partial charge is 0.372 e. The summed E-state index contributed by atoms with van der Waals surface area (Å²) in [6.07, 6.45) is -11.4. The molecule has 3 N–H and O–H groups in total. The van der Waals surface area contributed by atoms with E-state index in [4.69, 9.17) is 5.73 Å². The van der Waals surface area contributed by atoms with Gasteiger partial charge in [-0.05, 0) is 24.1 Å². The van der Waals surface area contributed by atoms with E-state index in [9.17, 15) is 54.6 Å². The average molecular weight is 553 g/mol. The van der Waals surface area contributed by atoms with Gasteiger partial charge in [-0.25, -0.2) is 0 Å². The molecule has 1 heterocycles. The zero-order valence-electron chi connectivity index (χ0n) is 19.3. The number of aliphatic hydroxyl groups is 1. The van der Waals surface area contributed by atoms with Crippen molar-refractivity contribution in [2.24, 2.45) is 5.73 Å². The van der Waals surface area contributed by atoms with Crippen molar-refractivity contribution in [2.75, 3.05) is 18.0 Å². The molecule has 3 amide bonds. The summed E-state index contributed by atoms with van der Waals surface area (Å²) in [7, 11) is 0. The van der Waals surface area contributed by atoms with Crippen molar-refractivity contribution in [2.45, 2.75) is 36.8 Å². The lowest BCUT2D eigenvalue weighted by Gasteiger charge is -2.38. The molecule has 0 aliphatic carbocycles. The third-order valence-electron chi connectivity index (χ3n) is 5.83. The number of hydrogen-bond donors (Lipinski definition) is 2. The van der Waals surface area contributed by atoms with Crippen LogP contribution in [0.1, 0.15) is 18.5 Å². The van der Waals surface area contributed by atoms with Crippen LogP contribution in [0.25, 0.3) is 11.1 Å². The molecular formula is C23H19F8N3O4. The highest BCUT2D eigenvalue weighted by molar-refractivity contribution is 6.11. The van der Waals surface area contributed by atoms with Crippen LogP contribution in [0, 0.1) is 0 Å². The number of halogens is 8. The molecule has 0 radical (unpaired) electrons. The van der Waals surface area contributed by atoms with Crippen LogP contribution in [0.15, 0.2) is 48.5 Å². The van der Waals surface area contributed by atoms with E-state index in [1.165, 1.54) is 36.4 Å². The second kappa shape index (κ2) is 9.53. The highest BCUT2D eigenvalue weighted by Crippen LogP contribution is 2.45. The van der Waals surface area contributed by atoms with Gasteiger partial charge in [0.15, 0.2) is 0 Å². The Balaban J connectivity index is 2.36. The minimum atomic E-state index is -6.29. The van der Waals surface area contributed by atoms with Crippen LogP contribution in [0.4, 0.5) is 40.8 Å². The normalized spacial score (nSPS) is 17.7. The molecule has 0 saturated carbocycles.